The Morgan fingerprint density at radius 2 is 2.14 bits per heavy atom. The number of nitrogens with zero attached hydrogens (tertiary/aromatic N) is 2. The number of anilines is 1. The van der Waals surface area contributed by atoms with Gasteiger partial charge in [0.05, 0.1) is 0 Å². The highest BCUT2D eigenvalue weighted by Gasteiger charge is 2.05. The highest BCUT2D eigenvalue weighted by molar-refractivity contribution is 6.30. The maximum Gasteiger partial charge on any atom is 0.137 e. The number of halogens is 1. The van der Waals surface area contributed by atoms with Gasteiger partial charge in [-0.25, -0.2) is 9.97 Å². The first-order chi connectivity index (χ1) is 6.65. The molecule has 76 valence electrons. The minimum absolute atomic E-state index is 0.513. The molecule has 0 bridgehead atoms. The third-order valence-corrected chi connectivity index (χ3v) is 2.21. The molecule has 0 saturated heterocycles. The second-order valence-electron chi connectivity index (χ2n) is 3.04. The predicted octanol–water partition coefficient (Wildman–Crippen LogP) is 2.73. The van der Waals surface area contributed by atoms with Crippen LogP contribution >= 0.6 is 11.6 Å². The Hall–Kier alpha value is -1.09. The minimum atomic E-state index is 0.513. The zero-order valence-corrected chi connectivity index (χ0v) is 9.23. The van der Waals surface area contributed by atoms with Gasteiger partial charge < -0.3 is 5.32 Å². The van der Waals surface area contributed by atoms with E-state index in [9.17, 15) is 0 Å². The highest BCUT2D eigenvalue weighted by Crippen LogP contribution is 2.19. The molecule has 0 aromatic carbocycles. The quantitative estimate of drug-likeness (QED) is 0.473. The smallest absolute Gasteiger partial charge is 0.137 e. The summed E-state index contributed by atoms with van der Waals surface area (Å²) in [7, 11) is 0. The summed E-state index contributed by atoms with van der Waals surface area (Å²) < 4.78 is 0. The maximum atomic E-state index is 5.92. The van der Waals surface area contributed by atoms with Crippen molar-refractivity contribution in [3.63, 3.8) is 0 Å². The number of rotatable bonds is 4. The van der Waals surface area contributed by atoms with E-state index in [1.807, 2.05) is 19.9 Å². The molecule has 0 saturated carbocycles. The first-order valence-corrected chi connectivity index (χ1v) is 4.88. The van der Waals surface area contributed by atoms with Crippen LogP contribution in [0.1, 0.15) is 17.8 Å². The van der Waals surface area contributed by atoms with Crippen LogP contribution in [-0.2, 0) is 0 Å². The van der Waals surface area contributed by atoms with Crippen molar-refractivity contribution in [3.8, 4) is 0 Å². The summed E-state index contributed by atoms with van der Waals surface area (Å²) >= 11 is 5.92. The molecule has 0 aliphatic carbocycles. The fraction of sp³-hybridized carbons (Fsp3) is 0.400. The van der Waals surface area contributed by atoms with Crippen LogP contribution in [0.25, 0.3) is 0 Å². The van der Waals surface area contributed by atoms with Crippen molar-refractivity contribution >= 4 is 17.4 Å². The first-order valence-electron chi connectivity index (χ1n) is 4.50. The third-order valence-electron chi connectivity index (χ3n) is 1.84. The van der Waals surface area contributed by atoms with Crippen LogP contribution in [0.3, 0.4) is 0 Å². The lowest BCUT2D eigenvalue weighted by atomic mass is 10.3. The lowest BCUT2D eigenvalue weighted by molar-refractivity contribution is 0.989. The second-order valence-corrected chi connectivity index (χ2v) is 3.40. The van der Waals surface area contributed by atoms with Crippen LogP contribution in [0.15, 0.2) is 12.7 Å². The maximum absolute atomic E-state index is 5.92. The lowest BCUT2D eigenvalue weighted by Crippen LogP contribution is -2.06. The standard InChI is InChI=1S/C10H14ClN3/c1-4-5-6-12-10-7(2)9(11)13-8(3)14-10/h4H,1,5-6H2,2-3H3,(H,12,13,14). The molecule has 1 aromatic rings. The Bertz CT molecular complexity index is 336. The Morgan fingerprint density at radius 3 is 2.79 bits per heavy atom. The van der Waals surface area contributed by atoms with Crippen LogP contribution in [0.2, 0.25) is 5.15 Å². The number of aromatic nitrogens is 2. The van der Waals surface area contributed by atoms with Gasteiger partial charge in [-0.05, 0) is 20.3 Å². The van der Waals surface area contributed by atoms with E-state index in [1.165, 1.54) is 0 Å². The Morgan fingerprint density at radius 1 is 1.43 bits per heavy atom. The fourth-order valence-corrected chi connectivity index (χ4v) is 1.27. The summed E-state index contributed by atoms with van der Waals surface area (Å²) in [5, 5.41) is 3.70. The van der Waals surface area contributed by atoms with Gasteiger partial charge in [0.2, 0.25) is 0 Å². The normalized spacial score (nSPS) is 9.93. The van der Waals surface area contributed by atoms with Crippen molar-refractivity contribution in [1.29, 1.82) is 0 Å². The SMILES string of the molecule is C=CCCNc1nc(C)nc(Cl)c1C. The number of aryl methyl sites for hydroxylation is 1. The molecule has 0 radical (unpaired) electrons. The molecule has 0 aliphatic heterocycles. The van der Waals surface area contributed by atoms with Gasteiger partial charge >= 0.3 is 0 Å². The third kappa shape index (κ3) is 2.70. The Labute approximate surface area is 89.2 Å². The van der Waals surface area contributed by atoms with E-state index in [1.54, 1.807) is 0 Å². The molecule has 0 amide bonds. The second kappa shape index (κ2) is 4.96. The van der Waals surface area contributed by atoms with E-state index < -0.39 is 0 Å². The number of nitrogens with one attached hydrogen (secondary N) is 1. The molecule has 4 heteroatoms. The molecule has 1 N–H and O–H groups in total. The summed E-state index contributed by atoms with van der Waals surface area (Å²) in [6.45, 7) is 8.19. The van der Waals surface area contributed by atoms with Gasteiger partial charge in [0, 0.05) is 12.1 Å². The molecular weight excluding hydrogens is 198 g/mol. The van der Waals surface area contributed by atoms with Crippen molar-refractivity contribution < 1.29 is 0 Å². The monoisotopic (exact) mass is 211 g/mol. The van der Waals surface area contributed by atoms with E-state index in [2.05, 4.69) is 21.9 Å². The van der Waals surface area contributed by atoms with E-state index >= 15 is 0 Å². The highest BCUT2D eigenvalue weighted by atomic mass is 35.5. The molecule has 0 atom stereocenters. The molecular formula is C10H14ClN3. The minimum Gasteiger partial charge on any atom is -0.369 e. The summed E-state index contributed by atoms with van der Waals surface area (Å²) in [6.07, 6.45) is 2.76. The molecule has 14 heavy (non-hydrogen) atoms. The van der Waals surface area contributed by atoms with E-state index in [4.69, 9.17) is 11.6 Å². The average molecular weight is 212 g/mol. The van der Waals surface area contributed by atoms with E-state index in [-0.39, 0.29) is 0 Å². The summed E-state index contributed by atoms with van der Waals surface area (Å²) in [5.41, 5.74) is 0.890. The van der Waals surface area contributed by atoms with Crippen molar-refractivity contribution in [3.05, 3.63) is 29.2 Å². The lowest BCUT2D eigenvalue weighted by Gasteiger charge is -2.08. The van der Waals surface area contributed by atoms with E-state index in [0.717, 1.165) is 24.3 Å². The van der Waals surface area contributed by atoms with Gasteiger partial charge in [0.1, 0.15) is 16.8 Å². The van der Waals surface area contributed by atoms with Crippen LogP contribution in [0, 0.1) is 13.8 Å². The van der Waals surface area contributed by atoms with Crippen LogP contribution in [-0.4, -0.2) is 16.5 Å². The van der Waals surface area contributed by atoms with Gasteiger partial charge in [-0.2, -0.15) is 0 Å². The molecule has 0 aliphatic rings. The molecule has 1 rings (SSSR count). The number of hydrogen-bond donors (Lipinski definition) is 1. The summed E-state index contributed by atoms with van der Waals surface area (Å²) in [6, 6.07) is 0. The Balaban J connectivity index is 2.79. The van der Waals surface area contributed by atoms with Crippen molar-refractivity contribution in [2.24, 2.45) is 0 Å². The fourth-order valence-electron chi connectivity index (χ4n) is 1.06. The van der Waals surface area contributed by atoms with Gasteiger partial charge in [-0.1, -0.05) is 17.7 Å². The molecule has 0 unspecified atom stereocenters. The summed E-state index contributed by atoms with van der Waals surface area (Å²) in [5.74, 6) is 1.49. The molecule has 1 aromatic heterocycles. The van der Waals surface area contributed by atoms with E-state index in [0.29, 0.717) is 11.0 Å². The molecule has 0 spiro atoms. The number of hydrogen-bond acceptors (Lipinski definition) is 3. The van der Waals surface area contributed by atoms with Crippen molar-refractivity contribution in [2.45, 2.75) is 20.3 Å². The van der Waals surface area contributed by atoms with Crippen molar-refractivity contribution in [1.82, 2.24) is 9.97 Å². The van der Waals surface area contributed by atoms with Crippen LogP contribution < -0.4 is 5.32 Å². The average Bonchev–Trinajstić information content (AvgIpc) is 2.13. The summed E-state index contributed by atoms with van der Waals surface area (Å²) in [4.78, 5) is 8.32. The zero-order chi connectivity index (χ0) is 10.6. The zero-order valence-electron chi connectivity index (χ0n) is 8.47. The van der Waals surface area contributed by atoms with Gasteiger partial charge in [-0.15, -0.1) is 6.58 Å². The Kier molecular flexibility index (Phi) is 3.89. The molecule has 3 nitrogen and oxygen atoms in total. The van der Waals surface area contributed by atoms with Crippen LogP contribution in [0.5, 0.6) is 0 Å². The van der Waals surface area contributed by atoms with Crippen molar-refractivity contribution in [2.75, 3.05) is 11.9 Å². The first kappa shape index (κ1) is 11.0. The van der Waals surface area contributed by atoms with Gasteiger partial charge in [0.25, 0.3) is 0 Å². The van der Waals surface area contributed by atoms with Gasteiger partial charge in [-0.3, -0.25) is 0 Å². The molecule has 0 fully saturated rings. The predicted molar refractivity (Wildman–Crippen MR) is 59.8 cm³/mol. The largest absolute Gasteiger partial charge is 0.369 e. The topological polar surface area (TPSA) is 37.8 Å². The van der Waals surface area contributed by atoms with Gasteiger partial charge in [0.15, 0.2) is 0 Å². The molecule has 1 heterocycles. The van der Waals surface area contributed by atoms with Crippen LogP contribution in [0.4, 0.5) is 5.82 Å².